The van der Waals surface area contributed by atoms with Crippen molar-refractivity contribution in [2.45, 2.75) is 220 Å². The van der Waals surface area contributed by atoms with Crippen LogP contribution >= 0.6 is 0 Å². The number of hydrogen-bond acceptors (Lipinski definition) is 19. The molecule has 4 spiro atoms. The molecular weight excluding hydrogens is 1260 g/mol. The Hall–Kier alpha value is -6.04. The first-order chi connectivity index (χ1) is 45.9. The molecule has 22 nitrogen and oxygen atoms in total. The quantitative estimate of drug-likeness (QED) is 0.0643. The van der Waals surface area contributed by atoms with E-state index in [-0.39, 0.29) is 29.1 Å². The van der Waals surface area contributed by atoms with Crippen molar-refractivity contribution in [2.75, 3.05) is 0 Å². The van der Waals surface area contributed by atoms with Gasteiger partial charge in [-0.05, 0) is 207 Å². The summed E-state index contributed by atoms with van der Waals surface area (Å²) in [5.74, 6) is -7.73. The molecule has 32 atom stereocenters. The van der Waals surface area contributed by atoms with Gasteiger partial charge in [-0.3, -0.25) is 38.4 Å². The first-order valence-corrected chi connectivity index (χ1v) is 35.9. The summed E-state index contributed by atoms with van der Waals surface area (Å²) in [5, 5.41) is 94.7. The predicted octanol–water partition coefficient (Wildman–Crippen LogP) is 6.17. The Morgan fingerprint density at radius 2 is 0.867 bits per heavy atom. The summed E-state index contributed by atoms with van der Waals surface area (Å²) < 4.78 is 29.4. The number of aliphatic hydroxyl groups is 6. The number of rotatable bonds is 5. The van der Waals surface area contributed by atoms with Gasteiger partial charge < -0.3 is 69.6 Å². The number of fused-ring (bicyclic) bond motifs is 4. The fourth-order valence-corrected chi connectivity index (χ4v) is 29.4. The molecule has 528 valence electrons. The van der Waals surface area contributed by atoms with Gasteiger partial charge in [-0.25, -0.2) is 0 Å². The van der Waals surface area contributed by atoms with E-state index < -0.39 is 185 Å². The van der Waals surface area contributed by atoms with Gasteiger partial charge in [0.2, 0.25) is 0 Å². The number of hydrogen-bond donors (Lipinski definition) is 9. The normalized spacial score (nSPS) is 57.7. The van der Waals surface area contributed by atoms with E-state index in [2.05, 4.69) is 26.3 Å². The maximum Gasteiger partial charge on any atom is 0.316 e. The lowest BCUT2D eigenvalue weighted by Crippen LogP contribution is -2.53. The average Bonchev–Trinajstić information content (AvgIpc) is 1.51. The van der Waals surface area contributed by atoms with Gasteiger partial charge in [0.1, 0.15) is 39.3 Å². The van der Waals surface area contributed by atoms with Crippen LogP contribution in [0.3, 0.4) is 0 Å². The van der Waals surface area contributed by atoms with E-state index in [1.165, 1.54) is 5.57 Å². The SMILES string of the molecule is C=C1C[C@]23C[C@@]1(O)CCC2[C@@]12C=C[C@H](O)[C@](C)(C(=O)O1)[C@H]2[C@@H]3OC=O.C=C1C[C@]23C[C@@]1(O)CC[C@H]2[C@@]12CC[C@H](O)[C@](C)(C(=O)O1)[C@H]2[C@@H]3C(=O)O.C=C1C[C@]23C[C@H]1CC[C@H]2[C@@]12C=C[C@H](O)[C@](C)(C(=O)O1)[C@H]2[C@@H]3C(=O)O.C=C1C[C@]23C[C@H]1CC[C@H]2[C@@]12CC[C@H](O)[C@](C)(C(=O)O1)[C@H]2[C@@H]3C(=O)O. The van der Waals surface area contributed by atoms with Crippen LogP contribution in [-0.4, -0.2) is 158 Å². The van der Waals surface area contributed by atoms with Crippen molar-refractivity contribution in [1.82, 2.24) is 0 Å². The van der Waals surface area contributed by atoms with Crippen LogP contribution in [0, 0.1) is 120 Å². The zero-order valence-corrected chi connectivity index (χ0v) is 56.1. The molecule has 0 aromatic carbocycles. The van der Waals surface area contributed by atoms with Crippen LogP contribution in [0.15, 0.2) is 72.9 Å². The Morgan fingerprint density at radius 3 is 1.36 bits per heavy atom. The number of carboxylic acids is 3. The van der Waals surface area contributed by atoms with Crippen LogP contribution in [0.25, 0.3) is 0 Å². The number of carbonyl (C=O) groups is 8. The summed E-state index contributed by atoms with van der Waals surface area (Å²) in [7, 11) is 0. The van der Waals surface area contributed by atoms with Crippen LogP contribution in [0.2, 0.25) is 0 Å². The lowest BCUT2D eigenvalue weighted by atomic mass is 9.59. The van der Waals surface area contributed by atoms with Crippen molar-refractivity contribution in [3.8, 4) is 0 Å². The fourth-order valence-electron chi connectivity index (χ4n) is 29.4. The van der Waals surface area contributed by atoms with Crippen molar-refractivity contribution >= 4 is 48.3 Å². The third-order valence-corrected chi connectivity index (χ3v) is 33.0. The van der Waals surface area contributed by atoms with Gasteiger partial charge in [-0.1, -0.05) is 49.6 Å². The summed E-state index contributed by atoms with van der Waals surface area (Å²) in [4.78, 5) is 99.3. The summed E-state index contributed by atoms with van der Waals surface area (Å²) in [6.45, 7) is 23.7. The van der Waals surface area contributed by atoms with Gasteiger partial charge in [0.15, 0.2) is 0 Å². The minimum Gasteiger partial charge on any atom is -0.481 e. The minimum absolute atomic E-state index is 0.00104. The smallest absolute Gasteiger partial charge is 0.316 e. The summed E-state index contributed by atoms with van der Waals surface area (Å²) in [6.07, 6.45) is 15.8. The molecule has 16 aliphatic carbocycles. The molecule has 4 aliphatic heterocycles. The molecule has 0 aromatic rings. The topological polar surface area (TPSA) is 365 Å². The molecule has 0 amide bonds. The largest absolute Gasteiger partial charge is 0.481 e. The summed E-state index contributed by atoms with van der Waals surface area (Å²) >= 11 is 0. The molecule has 16 bridgehead atoms. The lowest BCUT2D eigenvalue weighted by molar-refractivity contribution is -0.166. The van der Waals surface area contributed by atoms with Crippen molar-refractivity contribution in [3.63, 3.8) is 0 Å². The van der Waals surface area contributed by atoms with Crippen molar-refractivity contribution in [2.24, 2.45) is 120 Å². The lowest BCUT2D eigenvalue weighted by Gasteiger charge is -2.45. The fraction of sp³-hybridized carbons (Fsp3) is 0.737. The zero-order valence-electron chi connectivity index (χ0n) is 56.1. The van der Waals surface area contributed by atoms with Gasteiger partial charge in [0, 0.05) is 46.8 Å². The van der Waals surface area contributed by atoms with Crippen LogP contribution in [0.4, 0.5) is 0 Å². The first kappa shape index (κ1) is 65.3. The Morgan fingerprint density at radius 1 is 0.480 bits per heavy atom. The number of esters is 4. The second-order valence-electron chi connectivity index (χ2n) is 35.9. The highest BCUT2D eigenvalue weighted by atomic mass is 16.6. The standard InChI is InChI=1S/C19H22O6.C19H24O6.C19H24O5.C19H22O5/c1-10-7-17-8-18(10,23)5-3-11(17)19-6-4-12(21)16(2,15(22)25-19)13(19)14(17)24-9-20;1-9-7-17-8-18(9,24)5-3-10(17)19-6-4-11(20)16(2,15(23)25-19)13(19)12(17)14(21)22;2*1-9-7-18-8-10(9)3-4-11(18)19-6-5-12(20)17(2,16(23)24-19)14(19)13(18)15(21)22/h4,6,9,11-14,21,23H,1,3,5,7-8H2,2H3;10-13,20,24H,1,3-8H2,2H3,(H,21,22);10-14,20H,1,3-8H2,2H3,(H,21,22);5-6,10-14,20H,1,3-4,7-8H2,2H3,(H,21,22)/t11?,12-,13+,14-,16-,17-,18-,19+;10-,11+,12-,13-,16+,17+,18+,19-;2*10-,11-,12+,13-,14-,17+,18+,19-/m0111/s1. The third-order valence-electron chi connectivity index (χ3n) is 33.0. The highest BCUT2D eigenvalue weighted by Crippen LogP contribution is 2.82. The number of allylic oxidation sites excluding steroid dienone is 2. The number of carbonyl (C=O) groups excluding carboxylic acids is 5. The van der Waals surface area contributed by atoms with Gasteiger partial charge in [-0.15, -0.1) is 0 Å². The number of aliphatic carboxylic acids is 3. The molecular formula is C76H92O22. The van der Waals surface area contributed by atoms with Crippen molar-refractivity contribution < 1.29 is 108 Å². The molecule has 18 fully saturated rings. The maximum absolute atomic E-state index is 12.7. The summed E-state index contributed by atoms with van der Waals surface area (Å²) in [5.41, 5.74) is -7.91. The molecule has 20 rings (SSSR count). The Bertz CT molecular complexity index is 3850. The van der Waals surface area contributed by atoms with Crippen LogP contribution in [0.1, 0.15) is 156 Å². The van der Waals surface area contributed by atoms with Crippen LogP contribution < -0.4 is 0 Å². The molecule has 1 unspecified atom stereocenters. The monoisotopic (exact) mass is 1360 g/mol. The average molecular weight is 1360 g/mol. The Labute approximate surface area is 567 Å². The van der Waals surface area contributed by atoms with Crippen molar-refractivity contribution in [1.29, 1.82) is 0 Å². The van der Waals surface area contributed by atoms with E-state index in [4.69, 9.17) is 23.7 Å². The van der Waals surface area contributed by atoms with Gasteiger partial charge in [-0.2, -0.15) is 0 Å². The maximum atomic E-state index is 12.7. The zero-order chi connectivity index (χ0) is 70.0. The van der Waals surface area contributed by atoms with E-state index in [0.717, 1.165) is 56.1 Å². The van der Waals surface area contributed by atoms with E-state index in [1.807, 2.05) is 6.08 Å². The highest BCUT2D eigenvalue weighted by Gasteiger charge is 2.88. The summed E-state index contributed by atoms with van der Waals surface area (Å²) in [6, 6.07) is 0. The van der Waals surface area contributed by atoms with E-state index >= 15 is 0 Å². The molecule has 4 heterocycles. The Kier molecular flexibility index (Phi) is 12.9. The second kappa shape index (κ2) is 19.4. The highest BCUT2D eigenvalue weighted by molar-refractivity contribution is 5.88. The third kappa shape index (κ3) is 6.91. The molecule has 98 heavy (non-hydrogen) atoms. The molecule has 0 aromatic heterocycles. The number of ether oxygens (including phenoxy) is 5. The van der Waals surface area contributed by atoms with E-state index in [1.54, 1.807) is 45.9 Å². The van der Waals surface area contributed by atoms with Gasteiger partial charge >= 0.3 is 41.8 Å². The molecule has 22 heteroatoms. The van der Waals surface area contributed by atoms with Gasteiger partial charge in [0.25, 0.3) is 6.47 Å². The predicted molar refractivity (Wildman–Crippen MR) is 338 cm³/mol. The van der Waals surface area contributed by atoms with E-state index in [0.29, 0.717) is 107 Å². The second-order valence-corrected chi connectivity index (χ2v) is 35.9. The van der Waals surface area contributed by atoms with Crippen LogP contribution in [-0.2, 0) is 62.0 Å². The molecule has 9 N–H and O–H groups in total. The molecule has 14 saturated carbocycles. The molecule has 20 aliphatic rings. The van der Waals surface area contributed by atoms with Crippen LogP contribution in [0.5, 0.6) is 0 Å². The van der Waals surface area contributed by atoms with E-state index in [9.17, 15) is 84.3 Å². The molecule has 4 saturated heterocycles. The number of carboxylic acid groups (broad SMARTS) is 3. The van der Waals surface area contributed by atoms with Crippen molar-refractivity contribution in [3.05, 3.63) is 72.9 Å². The minimum atomic E-state index is -1.19. The molecule has 0 radical (unpaired) electrons. The first-order valence-electron chi connectivity index (χ1n) is 35.9. The van der Waals surface area contributed by atoms with Gasteiger partial charge in [0.05, 0.1) is 70.1 Å². The Balaban J connectivity index is 0.0000000982. The number of aliphatic hydroxyl groups excluding tert-OH is 4.